The maximum absolute atomic E-state index is 13.9. The van der Waals surface area contributed by atoms with Gasteiger partial charge in [-0.25, -0.2) is 13.6 Å². The lowest BCUT2D eigenvalue weighted by Gasteiger charge is -2.22. The summed E-state index contributed by atoms with van der Waals surface area (Å²) in [6.45, 7) is 0. The maximum atomic E-state index is 13.9. The molecule has 108 valence electrons. The molecule has 0 saturated carbocycles. The minimum atomic E-state index is -1.16. The third-order valence-electron chi connectivity index (χ3n) is 3.00. The van der Waals surface area contributed by atoms with E-state index < -0.39 is 11.8 Å². The maximum Gasteiger partial charge on any atom is 0.328 e. The summed E-state index contributed by atoms with van der Waals surface area (Å²) in [5.74, 6) is -2.05. The van der Waals surface area contributed by atoms with Gasteiger partial charge in [0.05, 0.1) is 5.69 Å². The number of anilines is 2. The number of benzene rings is 2. The van der Waals surface area contributed by atoms with Gasteiger partial charge < -0.3 is 10.0 Å². The minimum absolute atomic E-state index is 0.159. The Bertz CT molecular complexity index is 681. The number of aliphatic carboxylic acids is 1. The van der Waals surface area contributed by atoms with E-state index in [4.69, 9.17) is 5.11 Å². The molecule has 0 aliphatic rings. The SMILES string of the molecule is CN(c1ccc(F)cc1)c1cccc(F)c1/C=C/C(=O)O. The third kappa shape index (κ3) is 3.45. The van der Waals surface area contributed by atoms with E-state index in [0.29, 0.717) is 11.4 Å². The van der Waals surface area contributed by atoms with Crippen molar-refractivity contribution >= 4 is 23.4 Å². The molecule has 0 aliphatic heterocycles. The molecule has 0 spiro atoms. The van der Waals surface area contributed by atoms with E-state index in [1.165, 1.54) is 30.3 Å². The molecule has 0 aromatic heterocycles. The Kier molecular flexibility index (Phi) is 4.33. The average Bonchev–Trinajstić information content (AvgIpc) is 2.45. The second kappa shape index (κ2) is 6.17. The molecular formula is C16H13F2NO2. The summed E-state index contributed by atoms with van der Waals surface area (Å²) in [4.78, 5) is 12.3. The van der Waals surface area contributed by atoms with Gasteiger partial charge in [-0.3, -0.25) is 0 Å². The third-order valence-corrected chi connectivity index (χ3v) is 3.00. The first-order chi connectivity index (χ1) is 9.99. The first kappa shape index (κ1) is 14.7. The smallest absolute Gasteiger partial charge is 0.328 e. The summed E-state index contributed by atoms with van der Waals surface area (Å²) in [5.41, 5.74) is 1.30. The van der Waals surface area contributed by atoms with E-state index in [2.05, 4.69) is 0 Å². The van der Waals surface area contributed by atoms with Crippen molar-refractivity contribution in [3.8, 4) is 0 Å². The Morgan fingerprint density at radius 2 is 1.81 bits per heavy atom. The largest absolute Gasteiger partial charge is 0.478 e. The standard InChI is InChI=1S/C16H13F2NO2/c1-19(12-7-5-11(17)6-8-12)15-4-2-3-14(18)13(15)9-10-16(20)21/h2-10H,1H3,(H,20,21)/b10-9+. The number of rotatable bonds is 4. The van der Waals surface area contributed by atoms with Gasteiger partial charge in [-0.2, -0.15) is 0 Å². The zero-order chi connectivity index (χ0) is 15.4. The van der Waals surface area contributed by atoms with Crippen LogP contribution < -0.4 is 4.90 Å². The molecule has 21 heavy (non-hydrogen) atoms. The van der Waals surface area contributed by atoms with E-state index in [9.17, 15) is 13.6 Å². The molecule has 0 radical (unpaired) electrons. The van der Waals surface area contributed by atoms with Gasteiger partial charge in [-0.05, 0) is 42.5 Å². The van der Waals surface area contributed by atoms with Crippen LogP contribution in [0.5, 0.6) is 0 Å². The van der Waals surface area contributed by atoms with Crippen molar-refractivity contribution in [2.75, 3.05) is 11.9 Å². The number of nitrogens with zero attached hydrogens (tertiary/aromatic N) is 1. The molecule has 0 fully saturated rings. The molecule has 0 aliphatic carbocycles. The Balaban J connectivity index is 2.45. The highest BCUT2D eigenvalue weighted by Gasteiger charge is 2.11. The van der Waals surface area contributed by atoms with Crippen LogP contribution in [0, 0.1) is 11.6 Å². The van der Waals surface area contributed by atoms with E-state index in [0.717, 1.165) is 6.08 Å². The predicted octanol–water partition coefficient (Wildman–Crippen LogP) is 3.83. The summed E-state index contributed by atoms with van der Waals surface area (Å²) >= 11 is 0. The molecule has 0 heterocycles. The van der Waals surface area contributed by atoms with Crippen LogP contribution in [0.1, 0.15) is 5.56 Å². The van der Waals surface area contributed by atoms with Gasteiger partial charge >= 0.3 is 5.97 Å². The zero-order valence-electron chi connectivity index (χ0n) is 11.3. The van der Waals surface area contributed by atoms with Crippen molar-refractivity contribution in [3.63, 3.8) is 0 Å². The van der Waals surface area contributed by atoms with Crippen molar-refractivity contribution < 1.29 is 18.7 Å². The fourth-order valence-corrected chi connectivity index (χ4v) is 1.94. The van der Waals surface area contributed by atoms with Crippen LogP contribution in [0.2, 0.25) is 0 Å². The van der Waals surface area contributed by atoms with Crippen molar-refractivity contribution in [1.82, 2.24) is 0 Å². The molecule has 0 saturated heterocycles. The van der Waals surface area contributed by atoms with Gasteiger partial charge in [0.2, 0.25) is 0 Å². The van der Waals surface area contributed by atoms with E-state index in [1.807, 2.05) is 0 Å². The molecule has 0 atom stereocenters. The molecule has 2 aromatic rings. The summed E-state index contributed by atoms with van der Waals surface area (Å²) in [7, 11) is 1.69. The Labute approximate surface area is 120 Å². The fraction of sp³-hybridized carbons (Fsp3) is 0.0625. The molecule has 0 amide bonds. The molecule has 0 bridgehead atoms. The first-order valence-electron chi connectivity index (χ1n) is 6.18. The summed E-state index contributed by atoms with van der Waals surface area (Å²) in [6.07, 6.45) is 2.08. The number of carboxylic acid groups (broad SMARTS) is 1. The molecule has 3 nitrogen and oxygen atoms in total. The average molecular weight is 289 g/mol. The van der Waals surface area contributed by atoms with Gasteiger partial charge in [-0.15, -0.1) is 0 Å². The van der Waals surface area contributed by atoms with Crippen LogP contribution >= 0.6 is 0 Å². The Hall–Kier alpha value is -2.69. The van der Waals surface area contributed by atoms with E-state index in [1.54, 1.807) is 30.1 Å². The summed E-state index contributed by atoms with van der Waals surface area (Å²) in [5, 5.41) is 8.68. The first-order valence-corrected chi connectivity index (χ1v) is 6.18. The van der Waals surface area contributed by atoms with E-state index >= 15 is 0 Å². The number of hydrogen-bond donors (Lipinski definition) is 1. The van der Waals surface area contributed by atoms with Gasteiger partial charge in [0.15, 0.2) is 0 Å². The predicted molar refractivity (Wildman–Crippen MR) is 77.5 cm³/mol. The molecule has 5 heteroatoms. The summed E-state index contributed by atoms with van der Waals surface area (Å²) in [6, 6.07) is 10.2. The fourth-order valence-electron chi connectivity index (χ4n) is 1.94. The summed E-state index contributed by atoms with van der Waals surface area (Å²) < 4.78 is 26.9. The monoisotopic (exact) mass is 289 g/mol. The highest BCUT2D eigenvalue weighted by Crippen LogP contribution is 2.29. The minimum Gasteiger partial charge on any atom is -0.478 e. The number of hydrogen-bond acceptors (Lipinski definition) is 2. The second-order valence-electron chi connectivity index (χ2n) is 4.38. The van der Waals surface area contributed by atoms with Crippen LogP contribution in [0.25, 0.3) is 6.08 Å². The molecular weight excluding hydrogens is 276 g/mol. The molecule has 2 aromatic carbocycles. The van der Waals surface area contributed by atoms with Crippen molar-refractivity contribution in [2.24, 2.45) is 0 Å². The van der Waals surface area contributed by atoms with Gasteiger partial charge in [0, 0.05) is 24.4 Å². The van der Waals surface area contributed by atoms with Gasteiger partial charge in [0.1, 0.15) is 11.6 Å². The van der Waals surface area contributed by atoms with Crippen LogP contribution in [0.3, 0.4) is 0 Å². The highest BCUT2D eigenvalue weighted by atomic mass is 19.1. The number of carbonyl (C=O) groups is 1. The molecule has 0 unspecified atom stereocenters. The molecule has 1 N–H and O–H groups in total. The van der Waals surface area contributed by atoms with Crippen LogP contribution in [0.4, 0.5) is 20.2 Å². The van der Waals surface area contributed by atoms with Gasteiger partial charge in [0.25, 0.3) is 0 Å². The number of carboxylic acids is 1. The zero-order valence-corrected chi connectivity index (χ0v) is 11.3. The quantitative estimate of drug-likeness (QED) is 0.870. The lowest BCUT2D eigenvalue weighted by Crippen LogP contribution is -2.11. The topological polar surface area (TPSA) is 40.5 Å². The van der Waals surface area contributed by atoms with Gasteiger partial charge in [-0.1, -0.05) is 6.07 Å². The van der Waals surface area contributed by atoms with Crippen LogP contribution in [0.15, 0.2) is 48.5 Å². The van der Waals surface area contributed by atoms with E-state index in [-0.39, 0.29) is 11.4 Å². The Morgan fingerprint density at radius 3 is 2.43 bits per heavy atom. The second-order valence-corrected chi connectivity index (χ2v) is 4.38. The van der Waals surface area contributed by atoms with Crippen LogP contribution in [-0.4, -0.2) is 18.1 Å². The highest BCUT2D eigenvalue weighted by molar-refractivity contribution is 5.87. The number of halogens is 2. The molecule has 2 rings (SSSR count). The van der Waals surface area contributed by atoms with Crippen LogP contribution in [-0.2, 0) is 4.79 Å². The normalized spacial score (nSPS) is 10.8. The van der Waals surface area contributed by atoms with Crippen molar-refractivity contribution in [2.45, 2.75) is 0 Å². The lowest BCUT2D eigenvalue weighted by atomic mass is 10.1. The van der Waals surface area contributed by atoms with Crippen molar-refractivity contribution in [3.05, 3.63) is 65.7 Å². The van der Waals surface area contributed by atoms with Crippen molar-refractivity contribution in [1.29, 1.82) is 0 Å². The Morgan fingerprint density at radius 1 is 1.14 bits per heavy atom. The lowest BCUT2D eigenvalue weighted by molar-refractivity contribution is -0.131.